The van der Waals surface area contributed by atoms with Crippen molar-refractivity contribution < 1.29 is 32.7 Å². The molecule has 0 aliphatic heterocycles. The fourth-order valence-corrected chi connectivity index (χ4v) is 1.59. The third kappa shape index (κ3) is 3.90. The molecule has 0 aromatic carbocycles. The molecule has 0 aromatic rings. The molecular formula is C9H13F3N2O4. The zero-order valence-corrected chi connectivity index (χ0v) is 9.29. The highest BCUT2D eigenvalue weighted by Crippen LogP contribution is 2.37. The van der Waals surface area contributed by atoms with Gasteiger partial charge in [0.1, 0.15) is 5.41 Å². The largest absolute Gasteiger partial charge is 0.490 e. The van der Waals surface area contributed by atoms with Crippen LogP contribution in [0, 0.1) is 5.41 Å². The van der Waals surface area contributed by atoms with Gasteiger partial charge in [0, 0.05) is 0 Å². The van der Waals surface area contributed by atoms with Crippen LogP contribution in [0.4, 0.5) is 13.2 Å². The molecule has 0 bridgehead atoms. The van der Waals surface area contributed by atoms with E-state index in [0.29, 0.717) is 12.8 Å². The van der Waals surface area contributed by atoms with Crippen molar-refractivity contribution in [3.05, 3.63) is 0 Å². The smallest absolute Gasteiger partial charge is 0.475 e. The van der Waals surface area contributed by atoms with E-state index >= 15 is 0 Å². The van der Waals surface area contributed by atoms with Gasteiger partial charge in [0.05, 0.1) is 0 Å². The molecule has 1 fully saturated rings. The Bertz CT molecular complexity index is 332. The average Bonchev–Trinajstić information content (AvgIpc) is 2.66. The first kappa shape index (κ1) is 16.2. The highest BCUT2D eigenvalue weighted by molar-refractivity contribution is 6.03. The molecule has 1 saturated carbocycles. The van der Waals surface area contributed by atoms with E-state index in [2.05, 4.69) is 0 Å². The molecule has 5 N–H and O–H groups in total. The Kier molecular flexibility index (Phi) is 5.12. The lowest BCUT2D eigenvalue weighted by Crippen LogP contribution is -2.45. The zero-order valence-electron chi connectivity index (χ0n) is 9.29. The normalized spacial score (nSPS) is 17.5. The van der Waals surface area contributed by atoms with Crippen molar-refractivity contribution in [1.82, 2.24) is 0 Å². The number of aliphatic carboxylic acids is 1. The third-order valence-corrected chi connectivity index (χ3v) is 2.64. The molecule has 1 aliphatic carbocycles. The van der Waals surface area contributed by atoms with Gasteiger partial charge in [0.25, 0.3) is 0 Å². The first-order chi connectivity index (χ1) is 8.04. The van der Waals surface area contributed by atoms with E-state index in [-0.39, 0.29) is 0 Å². The molecule has 0 radical (unpaired) electrons. The number of rotatable bonds is 2. The lowest BCUT2D eigenvalue weighted by Gasteiger charge is -2.19. The monoisotopic (exact) mass is 270 g/mol. The summed E-state index contributed by atoms with van der Waals surface area (Å²) < 4.78 is 31.7. The van der Waals surface area contributed by atoms with Crippen molar-refractivity contribution in [3.63, 3.8) is 0 Å². The predicted molar refractivity (Wildman–Crippen MR) is 53.0 cm³/mol. The number of halogens is 3. The van der Waals surface area contributed by atoms with Crippen molar-refractivity contribution in [2.45, 2.75) is 31.9 Å². The molecule has 0 heterocycles. The Morgan fingerprint density at radius 3 is 1.39 bits per heavy atom. The molecule has 9 heteroatoms. The summed E-state index contributed by atoms with van der Waals surface area (Å²) in [5, 5.41) is 7.12. The van der Waals surface area contributed by atoms with Gasteiger partial charge in [-0.2, -0.15) is 13.2 Å². The van der Waals surface area contributed by atoms with Crippen LogP contribution in [-0.2, 0) is 14.4 Å². The number of carbonyl (C=O) groups excluding carboxylic acids is 2. The number of carbonyl (C=O) groups is 3. The van der Waals surface area contributed by atoms with Crippen LogP contribution in [0.25, 0.3) is 0 Å². The molecule has 0 atom stereocenters. The Labute approximate surface area is 100 Å². The maximum absolute atomic E-state index is 10.9. The van der Waals surface area contributed by atoms with E-state index in [4.69, 9.17) is 21.4 Å². The van der Waals surface area contributed by atoms with Crippen molar-refractivity contribution in [3.8, 4) is 0 Å². The second-order valence-electron chi connectivity index (χ2n) is 3.82. The molecule has 2 amide bonds. The standard InChI is InChI=1S/C7H12N2O2.C2HF3O2/c8-5(10)7(6(9)11)3-1-2-4-7;3-2(4,5)1(6)7/h1-4H2,(H2,8,10)(H2,9,11);(H,6,7). The number of amides is 2. The summed E-state index contributed by atoms with van der Waals surface area (Å²) in [6, 6.07) is 0. The van der Waals surface area contributed by atoms with Gasteiger partial charge in [0.2, 0.25) is 11.8 Å². The first-order valence-electron chi connectivity index (χ1n) is 4.94. The van der Waals surface area contributed by atoms with Crippen LogP contribution in [0.5, 0.6) is 0 Å². The fourth-order valence-electron chi connectivity index (χ4n) is 1.59. The molecular weight excluding hydrogens is 257 g/mol. The second kappa shape index (κ2) is 5.69. The molecule has 0 unspecified atom stereocenters. The van der Waals surface area contributed by atoms with Gasteiger partial charge in [-0.15, -0.1) is 0 Å². The van der Waals surface area contributed by atoms with Crippen LogP contribution in [-0.4, -0.2) is 29.1 Å². The highest BCUT2D eigenvalue weighted by atomic mass is 19.4. The van der Waals surface area contributed by atoms with Crippen LogP contribution in [0.3, 0.4) is 0 Å². The lowest BCUT2D eigenvalue weighted by atomic mass is 9.85. The molecule has 104 valence electrons. The van der Waals surface area contributed by atoms with Crippen LogP contribution in [0.2, 0.25) is 0 Å². The molecule has 0 aromatic heterocycles. The summed E-state index contributed by atoms with van der Waals surface area (Å²) in [6.45, 7) is 0. The Morgan fingerprint density at radius 1 is 1.00 bits per heavy atom. The van der Waals surface area contributed by atoms with Crippen molar-refractivity contribution in [2.24, 2.45) is 16.9 Å². The van der Waals surface area contributed by atoms with Gasteiger partial charge in [0.15, 0.2) is 0 Å². The number of carboxylic acid groups (broad SMARTS) is 1. The van der Waals surface area contributed by atoms with Gasteiger partial charge in [-0.1, -0.05) is 12.8 Å². The number of hydrogen-bond acceptors (Lipinski definition) is 3. The van der Waals surface area contributed by atoms with Crippen LogP contribution in [0.1, 0.15) is 25.7 Å². The second-order valence-corrected chi connectivity index (χ2v) is 3.82. The maximum Gasteiger partial charge on any atom is 0.490 e. The molecule has 1 aliphatic rings. The Balaban J connectivity index is 0.000000360. The summed E-state index contributed by atoms with van der Waals surface area (Å²) >= 11 is 0. The number of carboxylic acids is 1. The van der Waals surface area contributed by atoms with Crippen molar-refractivity contribution in [1.29, 1.82) is 0 Å². The Hall–Kier alpha value is -1.80. The topological polar surface area (TPSA) is 123 Å². The lowest BCUT2D eigenvalue weighted by molar-refractivity contribution is -0.192. The SMILES string of the molecule is NC(=O)C1(C(N)=O)CCCC1.O=C(O)C(F)(F)F. The summed E-state index contributed by atoms with van der Waals surface area (Å²) in [5.74, 6) is -3.89. The maximum atomic E-state index is 10.9. The van der Waals surface area contributed by atoms with Crippen LogP contribution in [0.15, 0.2) is 0 Å². The quantitative estimate of drug-likeness (QED) is 0.618. The number of primary amides is 2. The van der Waals surface area contributed by atoms with Gasteiger partial charge in [-0.05, 0) is 12.8 Å². The highest BCUT2D eigenvalue weighted by Gasteiger charge is 2.44. The van der Waals surface area contributed by atoms with Crippen molar-refractivity contribution >= 4 is 17.8 Å². The van der Waals surface area contributed by atoms with Crippen LogP contribution < -0.4 is 11.5 Å². The van der Waals surface area contributed by atoms with Gasteiger partial charge >= 0.3 is 12.1 Å². The molecule has 1 rings (SSSR count). The summed E-state index contributed by atoms with van der Waals surface area (Å²) in [5.41, 5.74) is 9.16. The zero-order chi connectivity index (χ0) is 14.6. The third-order valence-electron chi connectivity index (χ3n) is 2.64. The first-order valence-corrected chi connectivity index (χ1v) is 4.94. The van der Waals surface area contributed by atoms with E-state index in [1.54, 1.807) is 0 Å². The summed E-state index contributed by atoms with van der Waals surface area (Å²) in [4.78, 5) is 30.7. The number of hydrogen-bond donors (Lipinski definition) is 3. The molecule has 18 heavy (non-hydrogen) atoms. The minimum absolute atomic E-state index is 0.525. The Morgan fingerprint density at radius 2 is 1.28 bits per heavy atom. The van der Waals surface area contributed by atoms with Gasteiger partial charge in [-0.25, -0.2) is 4.79 Å². The average molecular weight is 270 g/mol. The summed E-state index contributed by atoms with van der Waals surface area (Å²) in [6.07, 6.45) is -2.30. The fraction of sp³-hybridized carbons (Fsp3) is 0.667. The molecule has 6 nitrogen and oxygen atoms in total. The predicted octanol–water partition coefficient (Wildman–Crippen LogP) is 0.151. The van der Waals surface area contributed by atoms with Gasteiger partial charge < -0.3 is 16.6 Å². The number of alkyl halides is 3. The molecule has 0 spiro atoms. The summed E-state index contributed by atoms with van der Waals surface area (Å²) in [7, 11) is 0. The van der Waals surface area contributed by atoms with Crippen molar-refractivity contribution in [2.75, 3.05) is 0 Å². The number of nitrogens with two attached hydrogens (primary N) is 2. The van der Waals surface area contributed by atoms with E-state index in [0.717, 1.165) is 12.8 Å². The van der Waals surface area contributed by atoms with Gasteiger partial charge in [-0.3, -0.25) is 9.59 Å². The minimum Gasteiger partial charge on any atom is -0.475 e. The van der Waals surface area contributed by atoms with Crippen LogP contribution >= 0.6 is 0 Å². The van der Waals surface area contributed by atoms with E-state index in [1.807, 2.05) is 0 Å². The van der Waals surface area contributed by atoms with E-state index in [9.17, 15) is 22.8 Å². The molecule has 0 saturated heterocycles. The van der Waals surface area contributed by atoms with E-state index in [1.165, 1.54) is 0 Å². The minimum atomic E-state index is -5.08. The van der Waals surface area contributed by atoms with E-state index < -0.39 is 29.4 Å².